The van der Waals surface area contributed by atoms with Crippen molar-refractivity contribution in [2.24, 2.45) is 0 Å². The highest BCUT2D eigenvalue weighted by molar-refractivity contribution is 8.00. The van der Waals surface area contributed by atoms with Gasteiger partial charge in [0.25, 0.3) is 0 Å². The van der Waals surface area contributed by atoms with Crippen LogP contribution in [0.5, 0.6) is 0 Å². The predicted molar refractivity (Wildman–Crippen MR) is 123 cm³/mol. The van der Waals surface area contributed by atoms with Gasteiger partial charge in [-0.1, -0.05) is 54.6 Å². The zero-order valence-electron chi connectivity index (χ0n) is 16.7. The van der Waals surface area contributed by atoms with Gasteiger partial charge in [-0.25, -0.2) is 0 Å². The van der Waals surface area contributed by atoms with Crippen molar-refractivity contribution in [3.05, 3.63) is 90.0 Å². The number of benzene rings is 3. The van der Waals surface area contributed by atoms with Crippen LogP contribution in [0.3, 0.4) is 0 Å². The molecule has 4 rings (SSSR count). The number of nitrogens with zero attached hydrogens (tertiary/aromatic N) is 1. The Bertz CT molecular complexity index is 1040. The lowest BCUT2D eigenvalue weighted by Crippen LogP contribution is -2.36. The standard InChI is InChI=1S/C25H24N2O2S/c28-24(16-19-8-2-1-3-9-19)26-21-12-6-13-22(17-21)30-18-25(29)27-15-7-11-20-10-4-5-14-23(20)27/h1-6,8-10,12-14,17H,7,11,15-16,18H2,(H,26,28). The van der Waals surface area contributed by atoms with Crippen LogP contribution < -0.4 is 10.2 Å². The largest absolute Gasteiger partial charge is 0.326 e. The molecule has 152 valence electrons. The monoisotopic (exact) mass is 416 g/mol. The van der Waals surface area contributed by atoms with E-state index >= 15 is 0 Å². The molecule has 5 heteroatoms. The van der Waals surface area contributed by atoms with Gasteiger partial charge in [0.1, 0.15) is 0 Å². The summed E-state index contributed by atoms with van der Waals surface area (Å²) in [7, 11) is 0. The van der Waals surface area contributed by atoms with E-state index in [1.807, 2.05) is 77.7 Å². The summed E-state index contributed by atoms with van der Waals surface area (Å²) in [5, 5.41) is 2.95. The predicted octanol–water partition coefficient (Wildman–Crippen LogP) is 4.94. The van der Waals surface area contributed by atoms with Gasteiger partial charge < -0.3 is 10.2 Å². The van der Waals surface area contributed by atoms with E-state index in [0.29, 0.717) is 12.2 Å². The smallest absolute Gasteiger partial charge is 0.237 e. The quantitative estimate of drug-likeness (QED) is 0.579. The third-order valence-electron chi connectivity index (χ3n) is 5.10. The molecule has 0 saturated heterocycles. The fraction of sp³-hybridized carbons (Fsp3) is 0.200. The number of carbonyl (C=O) groups is 2. The number of carbonyl (C=O) groups excluding carboxylic acids is 2. The average molecular weight is 417 g/mol. The minimum atomic E-state index is -0.0515. The first-order valence-corrected chi connectivity index (χ1v) is 11.1. The second-order valence-electron chi connectivity index (χ2n) is 7.30. The van der Waals surface area contributed by atoms with Gasteiger partial charge in [0.15, 0.2) is 0 Å². The molecule has 0 fully saturated rings. The molecule has 1 aliphatic rings. The van der Waals surface area contributed by atoms with E-state index in [1.54, 1.807) is 0 Å². The van der Waals surface area contributed by atoms with Gasteiger partial charge in [0, 0.05) is 22.8 Å². The first-order chi connectivity index (χ1) is 14.7. The van der Waals surface area contributed by atoms with Crippen LogP contribution in [0.2, 0.25) is 0 Å². The fourth-order valence-electron chi connectivity index (χ4n) is 3.67. The van der Waals surface area contributed by atoms with Crippen LogP contribution in [0.25, 0.3) is 0 Å². The SMILES string of the molecule is O=C(Cc1ccccc1)Nc1cccc(SCC(=O)N2CCCc3ccccc32)c1. The highest BCUT2D eigenvalue weighted by Gasteiger charge is 2.22. The first-order valence-electron chi connectivity index (χ1n) is 10.1. The van der Waals surface area contributed by atoms with Gasteiger partial charge in [-0.2, -0.15) is 0 Å². The molecule has 0 aromatic heterocycles. The van der Waals surface area contributed by atoms with Crippen molar-refractivity contribution < 1.29 is 9.59 Å². The summed E-state index contributed by atoms with van der Waals surface area (Å²) in [6.07, 6.45) is 2.36. The maximum absolute atomic E-state index is 12.8. The summed E-state index contributed by atoms with van der Waals surface area (Å²) < 4.78 is 0. The summed E-state index contributed by atoms with van der Waals surface area (Å²) in [6, 6.07) is 25.5. The minimum absolute atomic E-state index is 0.0515. The molecule has 0 spiro atoms. The highest BCUT2D eigenvalue weighted by atomic mass is 32.2. The molecule has 0 unspecified atom stereocenters. The van der Waals surface area contributed by atoms with Crippen LogP contribution in [0.1, 0.15) is 17.5 Å². The third kappa shape index (κ3) is 5.10. The van der Waals surface area contributed by atoms with Crippen molar-refractivity contribution in [3.63, 3.8) is 0 Å². The van der Waals surface area contributed by atoms with Crippen LogP contribution in [0, 0.1) is 0 Å². The van der Waals surface area contributed by atoms with Crippen LogP contribution in [0.4, 0.5) is 11.4 Å². The number of rotatable bonds is 6. The number of nitrogens with one attached hydrogen (secondary N) is 1. The molecule has 30 heavy (non-hydrogen) atoms. The minimum Gasteiger partial charge on any atom is -0.326 e. The van der Waals surface area contributed by atoms with Gasteiger partial charge in [0.05, 0.1) is 12.2 Å². The fourth-order valence-corrected chi connectivity index (χ4v) is 4.50. The number of hydrogen-bond donors (Lipinski definition) is 1. The molecule has 0 saturated carbocycles. The van der Waals surface area contributed by atoms with Gasteiger partial charge in [-0.05, 0) is 48.2 Å². The maximum Gasteiger partial charge on any atom is 0.237 e. The molecule has 0 bridgehead atoms. The van der Waals surface area contributed by atoms with Crippen molar-refractivity contribution in [3.8, 4) is 0 Å². The first kappa shape index (κ1) is 20.2. The summed E-state index contributed by atoms with van der Waals surface area (Å²) in [5.41, 5.74) is 4.01. The Morgan fingerprint density at radius 2 is 1.73 bits per heavy atom. The number of aryl methyl sites for hydroxylation is 1. The van der Waals surface area contributed by atoms with Crippen LogP contribution in [-0.2, 0) is 22.4 Å². The maximum atomic E-state index is 12.8. The molecule has 0 radical (unpaired) electrons. The lowest BCUT2D eigenvalue weighted by atomic mass is 10.0. The van der Waals surface area contributed by atoms with Crippen molar-refractivity contribution in [1.29, 1.82) is 0 Å². The summed E-state index contributed by atoms with van der Waals surface area (Å²) in [5.74, 6) is 0.436. The normalized spacial score (nSPS) is 12.9. The Morgan fingerprint density at radius 1 is 0.933 bits per heavy atom. The van der Waals surface area contributed by atoms with Gasteiger partial charge in [0.2, 0.25) is 11.8 Å². The molecule has 1 heterocycles. The van der Waals surface area contributed by atoms with Crippen molar-refractivity contribution in [1.82, 2.24) is 0 Å². The van der Waals surface area contributed by atoms with E-state index in [9.17, 15) is 9.59 Å². The van der Waals surface area contributed by atoms with Crippen LogP contribution >= 0.6 is 11.8 Å². The number of amides is 2. The van der Waals surface area contributed by atoms with Gasteiger partial charge in [-0.15, -0.1) is 11.8 Å². The second kappa shape index (κ2) is 9.63. The summed E-state index contributed by atoms with van der Waals surface area (Å²) in [6.45, 7) is 0.770. The van der Waals surface area contributed by atoms with E-state index in [4.69, 9.17) is 0 Å². The van der Waals surface area contributed by atoms with E-state index < -0.39 is 0 Å². The zero-order valence-corrected chi connectivity index (χ0v) is 17.5. The molecule has 4 nitrogen and oxygen atoms in total. The van der Waals surface area contributed by atoms with E-state index in [0.717, 1.165) is 41.2 Å². The highest BCUT2D eigenvalue weighted by Crippen LogP contribution is 2.28. The summed E-state index contributed by atoms with van der Waals surface area (Å²) >= 11 is 1.50. The Labute approximate surface area is 181 Å². The Morgan fingerprint density at radius 3 is 2.60 bits per heavy atom. The molecule has 2 amide bonds. The van der Waals surface area contributed by atoms with E-state index in [1.165, 1.54) is 17.3 Å². The Hall–Kier alpha value is -3.05. The topological polar surface area (TPSA) is 49.4 Å². The van der Waals surface area contributed by atoms with E-state index in [2.05, 4.69) is 11.4 Å². The number of hydrogen-bond acceptors (Lipinski definition) is 3. The van der Waals surface area contributed by atoms with Crippen molar-refractivity contribution >= 4 is 35.0 Å². The number of anilines is 2. The molecular formula is C25H24N2O2S. The molecule has 3 aromatic rings. The van der Waals surface area contributed by atoms with Crippen LogP contribution in [-0.4, -0.2) is 24.1 Å². The Kier molecular flexibility index (Phi) is 6.50. The third-order valence-corrected chi connectivity index (χ3v) is 6.08. The van der Waals surface area contributed by atoms with Gasteiger partial charge >= 0.3 is 0 Å². The number of fused-ring (bicyclic) bond motifs is 1. The van der Waals surface area contributed by atoms with Crippen molar-refractivity contribution in [2.75, 3.05) is 22.5 Å². The number of para-hydroxylation sites is 1. The van der Waals surface area contributed by atoms with E-state index in [-0.39, 0.29) is 11.8 Å². The average Bonchev–Trinajstić information content (AvgIpc) is 2.78. The molecule has 0 aliphatic carbocycles. The molecule has 1 aliphatic heterocycles. The van der Waals surface area contributed by atoms with Gasteiger partial charge in [-0.3, -0.25) is 9.59 Å². The Balaban J connectivity index is 1.35. The molecule has 0 atom stereocenters. The lowest BCUT2D eigenvalue weighted by molar-refractivity contribution is -0.116. The molecule has 3 aromatic carbocycles. The molecular weight excluding hydrogens is 392 g/mol. The van der Waals surface area contributed by atoms with Crippen LogP contribution in [0.15, 0.2) is 83.8 Å². The van der Waals surface area contributed by atoms with Crippen molar-refractivity contribution in [2.45, 2.75) is 24.2 Å². The number of thioether (sulfide) groups is 1. The second-order valence-corrected chi connectivity index (χ2v) is 8.35. The zero-order chi connectivity index (χ0) is 20.8. The summed E-state index contributed by atoms with van der Waals surface area (Å²) in [4.78, 5) is 28.0. The lowest BCUT2D eigenvalue weighted by Gasteiger charge is -2.29. The molecule has 1 N–H and O–H groups in total.